The first-order chi connectivity index (χ1) is 16.7. The van der Waals surface area contributed by atoms with Crippen LogP contribution in [0.1, 0.15) is 46.1 Å². The Morgan fingerprint density at radius 1 is 1.11 bits per heavy atom. The van der Waals surface area contributed by atoms with E-state index in [1.54, 1.807) is 18.2 Å². The SMILES string of the molecule is CCN(CC)c1ccc(/N=C/C=C2C=C(/C(C#N)=C/c3ccc([N+](=O)[O-])cc3)CC(C)(C)C/2)cc1. The first-order valence-electron chi connectivity index (χ1n) is 11.9. The van der Waals surface area contributed by atoms with Crippen LogP contribution < -0.4 is 4.90 Å². The van der Waals surface area contributed by atoms with Crippen LogP contribution in [0, 0.1) is 26.9 Å². The van der Waals surface area contributed by atoms with Crippen molar-refractivity contribution in [2.75, 3.05) is 18.0 Å². The molecule has 180 valence electrons. The van der Waals surface area contributed by atoms with Crippen LogP contribution in [-0.4, -0.2) is 24.2 Å². The molecule has 0 saturated carbocycles. The van der Waals surface area contributed by atoms with Gasteiger partial charge in [-0.1, -0.05) is 19.9 Å². The number of nitriles is 1. The van der Waals surface area contributed by atoms with E-state index in [2.05, 4.69) is 61.9 Å². The van der Waals surface area contributed by atoms with Crippen molar-refractivity contribution < 1.29 is 4.92 Å². The summed E-state index contributed by atoms with van der Waals surface area (Å²) in [6, 6.07) is 16.8. The van der Waals surface area contributed by atoms with Crippen molar-refractivity contribution in [3.05, 3.63) is 93.1 Å². The number of allylic oxidation sites excluding steroid dienone is 5. The van der Waals surface area contributed by atoms with Crippen LogP contribution in [0.4, 0.5) is 17.1 Å². The van der Waals surface area contributed by atoms with Gasteiger partial charge in [-0.05, 0) is 97.4 Å². The molecule has 0 unspecified atom stereocenters. The predicted molar refractivity (Wildman–Crippen MR) is 144 cm³/mol. The molecular formula is C29H32N4O2. The lowest BCUT2D eigenvalue weighted by Crippen LogP contribution is -2.21. The molecule has 0 amide bonds. The number of non-ortho nitro benzene ring substituents is 1. The maximum absolute atomic E-state index is 10.9. The summed E-state index contributed by atoms with van der Waals surface area (Å²) in [5.41, 5.74) is 5.53. The Balaban J connectivity index is 1.82. The van der Waals surface area contributed by atoms with E-state index in [0.29, 0.717) is 5.57 Å². The topological polar surface area (TPSA) is 82.5 Å². The van der Waals surface area contributed by atoms with Gasteiger partial charge in [-0.15, -0.1) is 0 Å². The molecule has 2 aromatic carbocycles. The molecule has 0 N–H and O–H groups in total. The van der Waals surface area contributed by atoms with Crippen molar-refractivity contribution in [3.63, 3.8) is 0 Å². The number of hydrogen-bond donors (Lipinski definition) is 0. The highest BCUT2D eigenvalue weighted by molar-refractivity contribution is 5.77. The lowest BCUT2D eigenvalue weighted by Gasteiger charge is -2.31. The molecule has 0 aliphatic heterocycles. The van der Waals surface area contributed by atoms with Crippen molar-refractivity contribution >= 4 is 29.4 Å². The summed E-state index contributed by atoms with van der Waals surface area (Å²) < 4.78 is 0. The smallest absolute Gasteiger partial charge is 0.269 e. The first-order valence-corrected chi connectivity index (χ1v) is 11.9. The zero-order valence-corrected chi connectivity index (χ0v) is 20.9. The minimum atomic E-state index is -0.428. The highest BCUT2D eigenvalue weighted by Gasteiger charge is 2.27. The number of nitrogens with zero attached hydrogens (tertiary/aromatic N) is 4. The van der Waals surface area contributed by atoms with Gasteiger partial charge in [-0.25, -0.2) is 0 Å². The van der Waals surface area contributed by atoms with Gasteiger partial charge in [0.25, 0.3) is 5.69 Å². The molecule has 6 heteroatoms. The number of anilines is 1. The number of nitro groups is 1. The number of hydrogen-bond acceptors (Lipinski definition) is 5. The van der Waals surface area contributed by atoms with Crippen LogP contribution in [0.3, 0.4) is 0 Å². The minimum Gasteiger partial charge on any atom is -0.372 e. The second-order valence-electron chi connectivity index (χ2n) is 9.41. The third kappa shape index (κ3) is 7.00. The molecular weight excluding hydrogens is 436 g/mol. The largest absolute Gasteiger partial charge is 0.372 e. The highest BCUT2D eigenvalue weighted by Crippen LogP contribution is 2.40. The van der Waals surface area contributed by atoms with Gasteiger partial charge in [0, 0.05) is 37.1 Å². The van der Waals surface area contributed by atoms with E-state index in [4.69, 9.17) is 0 Å². The van der Waals surface area contributed by atoms with E-state index in [-0.39, 0.29) is 11.1 Å². The number of rotatable bonds is 8. The van der Waals surface area contributed by atoms with Gasteiger partial charge in [0.05, 0.1) is 22.3 Å². The Bertz CT molecular complexity index is 1210. The summed E-state index contributed by atoms with van der Waals surface area (Å²) in [6.07, 6.45) is 9.37. The molecule has 0 radical (unpaired) electrons. The van der Waals surface area contributed by atoms with Gasteiger partial charge < -0.3 is 4.90 Å². The maximum atomic E-state index is 10.9. The van der Waals surface area contributed by atoms with Gasteiger partial charge in [0.15, 0.2) is 0 Å². The number of nitro benzene ring substituents is 1. The molecule has 2 aromatic rings. The molecule has 0 aromatic heterocycles. The Labute approximate surface area is 207 Å². The summed E-state index contributed by atoms with van der Waals surface area (Å²) in [5.74, 6) is 0. The predicted octanol–water partition coefficient (Wildman–Crippen LogP) is 7.42. The van der Waals surface area contributed by atoms with Crippen molar-refractivity contribution in [1.29, 1.82) is 5.26 Å². The molecule has 0 spiro atoms. The molecule has 0 atom stereocenters. The summed E-state index contributed by atoms with van der Waals surface area (Å²) >= 11 is 0. The second kappa shape index (κ2) is 11.4. The van der Waals surface area contributed by atoms with Crippen molar-refractivity contribution in [1.82, 2.24) is 0 Å². The monoisotopic (exact) mass is 468 g/mol. The van der Waals surface area contributed by atoms with Crippen LogP contribution in [-0.2, 0) is 0 Å². The fraction of sp³-hybridized carbons (Fsp3) is 0.310. The van der Waals surface area contributed by atoms with Gasteiger partial charge >= 0.3 is 0 Å². The van der Waals surface area contributed by atoms with E-state index in [9.17, 15) is 15.4 Å². The molecule has 6 nitrogen and oxygen atoms in total. The van der Waals surface area contributed by atoms with Gasteiger partial charge in [-0.3, -0.25) is 15.1 Å². The summed E-state index contributed by atoms with van der Waals surface area (Å²) in [7, 11) is 0. The van der Waals surface area contributed by atoms with Crippen molar-refractivity contribution in [2.45, 2.75) is 40.5 Å². The molecule has 35 heavy (non-hydrogen) atoms. The molecule has 0 heterocycles. The average Bonchev–Trinajstić information content (AvgIpc) is 2.83. The van der Waals surface area contributed by atoms with Crippen molar-refractivity contribution in [2.24, 2.45) is 10.4 Å². The van der Waals surface area contributed by atoms with E-state index >= 15 is 0 Å². The average molecular weight is 469 g/mol. The Kier molecular flexibility index (Phi) is 8.38. The highest BCUT2D eigenvalue weighted by atomic mass is 16.6. The van der Waals surface area contributed by atoms with Crippen LogP contribution in [0.2, 0.25) is 0 Å². The quantitative estimate of drug-likeness (QED) is 0.175. The zero-order chi connectivity index (χ0) is 25.4. The fourth-order valence-electron chi connectivity index (χ4n) is 4.35. The first kappa shape index (κ1) is 25.6. The maximum Gasteiger partial charge on any atom is 0.269 e. The van der Waals surface area contributed by atoms with Gasteiger partial charge in [0.2, 0.25) is 0 Å². The Morgan fingerprint density at radius 3 is 2.34 bits per heavy atom. The molecule has 1 aliphatic carbocycles. The van der Waals surface area contributed by atoms with Crippen LogP contribution >= 0.6 is 0 Å². The zero-order valence-electron chi connectivity index (χ0n) is 20.9. The van der Waals surface area contributed by atoms with E-state index in [1.807, 2.05) is 24.4 Å². The van der Waals surface area contributed by atoms with Gasteiger partial charge in [0.1, 0.15) is 0 Å². The van der Waals surface area contributed by atoms with E-state index in [1.165, 1.54) is 17.8 Å². The second-order valence-corrected chi connectivity index (χ2v) is 9.41. The third-order valence-corrected chi connectivity index (χ3v) is 6.08. The number of benzene rings is 2. The molecule has 3 rings (SSSR count). The van der Waals surface area contributed by atoms with Crippen LogP contribution in [0.15, 0.2) is 82.4 Å². The van der Waals surface area contributed by atoms with Crippen molar-refractivity contribution in [3.8, 4) is 6.07 Å². The lowest BCUT2D eigenvalue weighted by atomic mass is 9.73. The van der Waals surface area contributed by atoms with E-state index in [0.717, 1.165) is 48.3 Å². The fourth-order valence-corrected chi connectivity index (χ4v) is 4.35. The van der Waals surface area contributed by atoms with Gasteiger partial charge in [-0.2, -0.15) is 5.26 Å². The summed E-state index contributed by atoms with van der Waals surface area (Å²) in [6.45, 7) is 10.6. The standard InChI is InChI=1S/C29H32N4O2/c1-5-32(6-2)27-13-9-26(10-14-27)31-16-15-23-18-24(20-29(3,4)19-23)25(21-30)17-22-7-11-28(12-8-22)33(34)35/h7-18H,5-6,19-20H2,1-4H3/b23-15-,25-17+,31-16+. The Hall–Kier alpha value is -3.98. The summed E-state index contributed by atoms with van der Waals surface area (Å²) in [4.78, 5) is 17.4. The summed E-state index contributed by atoms with van der Waals surface area (Å²) in [5, 5.41) is 20.7. The molecule has 1 aliphatic rings. The van der Waals surface area contributed by atoms with E-state index < -0.39 is 4.92 Å². The molecule has 0 saturated heterocycles. The number of aliphatic imine (C=N–C) groups is 1. The minimum absolute atomic E-state index is 0.000579. The normalized spacial score (nSPS) is 16.7. The Morgan fingerprint density at radius 2 is 1.77 bits per heavy atom. The lowest BCUT2D eigenvalue weighted by molar-refractivity contribution is -0.384. The van der Waals surface area contributed by atoms with Crippen LogP contribution in [0.25, 0.3) is 6.08 Å². The third-order valence-electron chi connectivity index (χ3n) is 6.08. The molecule has 0 bridgehead atoms. The molecule has 0 fully saturated rings. The van der Waals surface area contributed by atoms with Crippen LogP contribution in [0.5, 0.6) is 0 Å².